The van der Waals surface area contributed by atoms with E-state index < -0.39 is 53.7 Å². The van der Waals surface area contributed by atoms with E-state index in [0.717, 1.165) is 5.56 Å². The third-order valence-corrected chi connectivity index (χ3v) is 5.20. The van der Waals surface area contributed by atoms with Crippen molar-refractivity contribution in [1.82, 2.24) is 15.5 Å². The lowest BCUT2D eigenvalue weighted by molar-refractivity contribution is -0.149. The lowest BCUT2D eigenvalue weighted by Crippen LogP contribution is -2.56. The summed E-state index contributed by atoms with van der Waals surface area (Å²) in [5.41, 5.74) is 0.00209. The van der Waals surface area contributed by atoms with Crippen molar-refractivity contribution in [2.24, 2.45) is 0 Å². The van der Waals surface area contributed by atoms with Crippen molar-refractivity contribution in [3.8, 4) is 0 Å². The maximum Gasteiger partial charge on any atom is 0.407 e. The molecule has 1 aliphatic rings. The van der Waals surface area contributed by atoms with Crippen molar-refractivity contribution < 1.29 is 34.1 Å². The first kappa shape index (κ1) is 26.1. The fraction of sp³-hybridized carbons (Fsp3) is 0.565. The number of amides is 3. The van der Waals surface area contributed by atoms with Gasteiger partial charge in [-0.2, -0.15) is 0 Å². The summed E-state index contributed by atoms with van der Waals surface area (Å²) in [5.74, 6) is -2.50. The average Bonchev–Trinajstić information content (AvgIpc) is 3.21. The minimum Gasteiger partial charge on any atom is -0.480 e. The fourth-order valence-electron chi connectivity index (χ4n) is 3.65. The molecule has 10 nitrogen and oxygen atoms in total. The number of hydrogen-bond donors (Lipinski definition) is 4. The van der Waals surface area contributed by atoms with Gasteiger partial charge in [-0.3, -0.25) is 9.59 Å². The molecule has 182 valence electrons. The molecule has 0 bridgehead atoms. The first-order chi connectivity index (χ1) is 15.4. The molecule has 2 unspecified atom stereocenters. The number of aliphatic carboxylic acids is 1. The van der Waals surface area contributed by atoms with Gasteiger partial charge in [-0.15, -0.1) is 0 Å². The molecular weight excluding hydrogens is 430 g/mol. The Kier molecular flexibility index (Phi) is 8.81. The van der Waals surface area contributed by atoms with Crippen LogP contribution in [0.4, 0.5) is 4.79 Å². The number of likely N-dealkylation sites (tertiary alicyclic amines) is 1. The summed E-state index contributed by atoms with van der Waals surface area (Å²) in [6.07, 6.45) is -1.42. The number of hydrogen-bond acceptors (Lipinski definition) is 6. The van der Waals surface area contributed by atoms with Gasteiger partial charge in [0.15, 0.2) is 6.10 Å². The van der Waals surface area contributed by atoms with Crippen molar-refractivity contribution in [1.29, 1.82) is 0 Å². The van der Waals surface area contributed by atoms with Crippen LogP contribution in [-0.2, 0) is 25.5 Å². The molecule has 1 saturated heterocycles. The van der Waals surface area contributed by atoms with Gasteiger partial charge in [0.05, 0.1) is 6.04 Å². The molecule has 4 atom stereocenters. The van der Waals surface area contributed by atoms with Gasteiger partial charge in [0.25, 0.3) is 5.91 Å². The van der Waals surface area contributed by atoms with Crippen LogP contribution in [0, 0.1) is 0 Å². The summed E-state index contributed by atoms with van der Waals surface area (Å²) < 4.78 is 5.25. The maximum atomic E-state index is 12.7. The predicted octanol–water partition coefficient (Wildman–Crippen LogP) is 1.06. The first-order valence-corrected chi connectivity index (χ1v) is 10.9. The number of carboxylic acids is 1. The van der Waals surface area contributed by atoms with Gasteiger partial charge in [-0.1, -0.05) is 30.3 Å². The molecule has 3 amide bonds. The van der Waals surface area contributed by atoms with Crippen molar-refractivity contribution in [3.63, 3.8) is 0 Å². The van der Waals surface area contributed by atoms with E-state index in [1.54, 1.807) is 45.0 Å². The summed E-state index contributed by atoms with van der Waals surface area (Å²) in [6.45, 7) is 6.79. The molecule has 4 N–H and O–H groups in total. The van der Waals surface area contributed by atoms with Gasteiger partial charge in [0, 0.05) is 6.54 Å². The summed E-state index contributed by atoms with van der Waals surface area (Å²) in [6, 6.07) is 5.98. The molecule has 1 heterocycles. The SMILES string of the molecule is C[C@H](NC(=O)C(O)C(Cc1ccccc1)NC(=O)OC(C)(C)C)C(=O)N1CCC[C@H]1C(=O)O. The number of aliphatic hydroxyl groups is 1. The topological polar surface area (TPSA) is 145 Å². The lowest BCUT2D eigenvalue weighted by Gasteiger charge is -2.28. The Morgan fingerprint density at radius 2 is 1.79 bits per heavy atom. The van der Waals surface area contributed by atoms with Crippen molar-refractivity contribution in [2.45, 2.75) is 76.8 Å². The van der Waals surface area contributed by atoms with E-state index in [1.807, 2.05) is 6.07 Å². The number of carbonyl (C=O) groups excluding carboxylic acids is 3. The zero-order chi connectivity index (χ0) is 24.8. The quantitative estimate of drug-likeness (QED) is 0.451. The summed E-state index contributed by atoms with van der Waals surface area (Å²) in [5, 5.41) is 25.0. The Morgan fingerprint density at radius 3 is 2.36 bits per heavy atom. The number of alkyl carbamates (subject to hydrolysis) is 1. The van der Waals surface area contributed by atoms with Gasteiger partial charge in [-0.25, -0.2) is 9.59 Å². The lowest BCUT2D eigenvalue weighted by atomic mass is 10.0. The zero-order valence-electron chi connectivity index (χ0n) is 19.4. The number of carboxylic acid groups (broad SMARTS) is 1. The van der Waals surface area contributed by atoms with Crippen LogP contribution in [0.1, 0.15) is 46.1 Å². The average molecular weight is 464 g/mol. The smallest absolute Gasteiger partial charge is 0.407 e. The van der Waals surface area contributed by atoms with Crippen molar-refractivity contribution in [2.75, 3.05) is 6.54 Å². The normalized spacial score (nSPS) is 18.7. The van der Waals surface area contributed by atoms with Crippen LogP contribution in [-0.4, -0.2) is 75.4 Å². The second-order valence-corrected chi connectivity index (χ2v) is 9.15. The Hall–Kier alpha value is -3.14. The van der Waals surface area contributed by atoms with Gasteiger partial charge >= 0.3 is 12.1 Å². The van der Waals surface area contributed by atoms with Crippen LogP contribution in [0.15, 0.2) is 30.3 Å². The molecule has 1 aliphatic heterocycles. The number of rotatable bonds is 8. The monoisotopic (exact) mass is 463 g/mol. The third-order valence-electron chi connectivity index (χ3n) is 5.20. The van der Waals surface area contributed by atoms with Crippen LogP contribution >= 0.6 is 0 Å². The molecule has 0 aromatic heterocycles. The van der Waals surface area contributed by atoms with Crippen molar-refractivity contribution >= 4 is 23.9 Å². The Balaban J connectivity index is 2.09. The number of aliphatic hydroxyl groups excluding tert-OH is 1. The summed E-state index contributed by atoms with van der Waals surface area (Å²) in [7, 11) is 0. The molecule has 1 aromatic carbocycles. The van der Waals surface area contributed by atoms with Crippen molar-refractivity contribution in [3.05, 3.63) is 35.9 Å². The largest absolute Gasteiger partial charge is 0.480 e. The van der Waals surface area contributed by atoms with Crippen LogP contribution in [0.25, 0.3) is 0 Å². The van der Waals surface area contributed by atoms with Gasteiger partial charge in [0.2, 0.25) is 5.91 Å². The second kappa shape index (κ2) is 11.1. The molecular formula is C23H33N3O7. The predicted molar refractivity (Wildman–Crippen MR) is 119 cm³/mol. The molecule has 0 saturated carbocycles. The van der Waals surface area contributed by atoms with E-state index in [2.05, 4.69) is 10.6 Å². The summed E-state index contributed by atoms with van der Waals surface area (Å²) in [4.78, 5) is 50.3. The highest BCUT2D eigenvalue weighted by Gasteiger charge is 2.37. The number of carbonyl (C=O) groups is 4. The molecule has 0 spiro atoms. The maximum absolute atomic E-state index is 12.7. The number of nitrogens with one attached hydrogen (secondary N) is 2. The molecule has 0 radical (unpaired) electrons. The fourth-order valence-corrected chi connectivity index (χ4v) is 3.65. The molecule has 1 aromatic rings. The second-order valence-electron chi connectivity index (χ2n) is 9.15. The molecule has 33 heavy (non-hydrogen) atoms. The van der Waals surface area contributed by atoms with Gasteiger partial charge < -0.3 is 30.5 Å². The number of ether oxygens (including phenoxy) is 1. The zero-order valence-corrected chi connectivity index (χ0v) is 19.4. The minimum absolute atomic E-state index is 0.143. The van der Waals surface area contributed by atoms with E-state index >= 15 is 0 Å². The highest BCUT2D eigenvalue weighted by molar-refractivity contribution is 5.92. The third kappa shape index (κ3) is 7.74. The molecule has 1 fully saturated rings. The molecule has 2 rings (SSSR count). The van der Waals surface area contributed by atoms with Crippen LogP contribution < -0.4 is 10.6 Å². The minimum atomic E-state index is -1.68. The number of nitrogens with zero attached hydrogens (tertiary/aromatic N) is 1. The van der Waals surface area contributed by atoms with E-state index in [1.165, 1.54) is 11.8 Å². The first-order valence-electron chi connectivity index (χ1n) is 10.9. The highest BCUT2D eigenvalue weighted by atomic mass is 16.6. The van der Waals surface area contributed by atoms with Crippen LogP contribution in [0.2, 0.25) is 0 Å². The standard InChI is InChI=1S/C23H33N3O7/c1-14(20(29)26-12-8-11-17(26)21(30)31)24-19(28)18(27)16(13-15-9-6-5-7-10-15)25-22(32)33-23(2,3)4/h5-7,9-10,14,16-18,27H,8,11-13H2,1-4H3,(H,24,28)(H,25,32)(H,30,31)/t14-,16?,17-,18?/m0/s1. The summed E-state index contributed by atoms with van der Waals surface area (Å²) >= 11 is 0. The highest BCUT2D eigenvalue weighted by Crippen LogP contribution is 2.18. The van der Waals surface area contributed by atoms with E-state index in [-0.39, 0.29) is 13.0 Å². The molecule has 0 aliphatic carbocycles. The molecule has 10 heteroatoms. The van der Waals surface area contributed by atoms with Crippen LogP contribution in [0.5, 0.6) is 0 Å². The van der Waals surface area contributed by atoms with E-state index in [0.29, 0.717) is 12.8 Å². The Bertz CT molecular complexity index is 853. The Morgan fingerprint density at radius 1 is 1.15 bits per heavy atom. The van der Waals surface area contributed by atoms with E-state index in [4.69, 9.17) is 4.74 Å². The van der Waals surface area contributed by atoms with Crippen LogP contribution in [0.3, 0.4) is 0 Å². The number of benzene rings is 1. The van der Waals surface area contributed by atoms with E-state index in [9.17, 15) is 29.4 Å². The van der Waals surface area contributed by atoms with Gasteiger partial charge in [0.1, 0.15) is 17.7 Å². The van der Waals surface area contributed by atoms with Gasteiger partial charge in [-0.05, 0) is 52.5 Å². The Labute approximate surface area is 193 Å².